The standard InChI is InChI=1S/C14H14N2O5/c1-3-4-11-12(14(17)18)21-13(15-11)10-7-9(16(19)20)6-5-8(10)2/h5-7H,3-4H2,1-2H3,(H,17,18). The van der Waals surface area contributed by atoms with Crippen LogP contribution in [0, 0.1) is 17.0 Å². The molecule has 1 aromatic carbocycles. The van der Waals surface area contributed by atoms with Crippen molar-refractivity contribution in [3.05, 3.63) is 45.3 Å². The van der Waals surface area contributed by atoms with Crippen LogP contribution in [0.4, 0.5) is 5.69 Å². The van der Waals surface area contributed by atoms with E-state index >= 15 is 0 Å². The Morgan fingerprint density at radius 3 is 2.76 bits per heavy atom. The Balaban J connectivity index is 2.56. The van der Waals surface area contributed by atoms with Crippen LogP contribution in [0.15, 0.2) is 22.6 Å². The molecule has 0 amide bonds. The van der Waals surface area contributed by atoms with Crippen molar-refractivity contribution >= 4 is 11.7 Å². The molecule has 0 aliphatic rings. The van der Waals surface area contributed by atoms with E-state index in [2.05, 4.69) is 4.98 Å². The number of carboxylic acid groups (broad SMARTS) is 1. The molecule has 0 aliphatic heterocycles. The first-order chi connectivity index (χ1) is 9.93. The number of hydrogen-bond donors (Lipinski definition) is 1. The van der Waals surface area contributed by atoms with Crippen LogP contribution in [0.5, 0.6) is 0 Å². The normalized spacial score (nSPS) is 10.6. The first-order valence-corrected chi connectivity index (χ1v) is 6.42. The lowest BCUT2D eigenvalue weighted by atomic mass is 10.1. The lowest BCUT2D eigenvalue weighted by Crippen LogP contribution is -1.99. The van der Waals surface area contributed by atoms with Gasteiger partial charge in [-0.2, -0.15) is 0 Å². The predicted octanol–water partition coefficient (Wildman–Crippen LogP) is 3.21. The van der Waals surface area contributed by atoms with Gasteiger partial charge in [-0.05, 0) is 18.9 Å². The number of hydrogen-bond acceptors (Lipinski definition) is 5. The number of nitro benzene ring substituents is 1. The first kappa shape index (κ1) is 14.7. The molecule has 0 unspecified atom stereocenters. The quantitative estimate of drug-likeness (QED) is 0.669. The van der Waals surface area contributed by atoms with Crippen LogP contribution in [-0.2, 0) is 6.42 Å². The third kappa shape index (κ3) is 2.91. The van der Waals surface area contributed by atoms with Crippen molar-refractivity contribution in [1.82, 2.24) is 4.98 Å². The lowest BCUT2D eigenvalue weighted by Gasteiger charge is -2.00. The molecule has 0 spiro atoms. The molecule has 0 saturated carbocycles. The van der Waals surface area contributed by atoms with Gasteiger partial charge in [-0.3, -0.25) is 10.1 Å². The fraction of sp³-hybridized carbons (Fsp3) is 0.286. The minimum absolute atomic E-state index is 0.0945. The van der Waals surface area contributed by atoms with Gasteiger partial charge in [0.05, 0.1) is 10.6 Å². The van der Waals surface area contributed by atoms with E-state index in [0.29, 0.717) is 17.7 Å². The number of benzene rings is 1. The van der Waals surface area contributed by atoms with Gasteiger partial charge in [-0.15, -0.1) is 0 Å². The largest absolute Gasteiger partial charge is 0.475 e. The number of carbonyl (C=O) groups is 1. The number of rotatable bonds is 5. The summed E-state index contributed by atoms with van der Waals surface area (Å²) < 4.78 is 5.30. The highest BCUT2D eigenvalue weighted by Crippen LogP contribution is 2.29. The zero-order valence-corrected chi connectivity index (χ0v) is 11.6. The molecular weight excluding hydrogens is 276 g/mol. The number of oxazole rings is 1. The summed E-state index contributed by atoms with van der Waals surface area (Å²) in [6.07, 6.45) is 1.19. The molecule has 0 aliphatic carbocycles. The molecular formula is C14H14N2O5. The molecule has 21 heavy (non-hydrogen) atoms. The molecule has 0 atom stereocenters. The average Bonchev–Trinajstić information content (AvgIpc) is 2.83. The number of aromatic carboxylic acids is 1. The van der Waals surface area contributed by atoms with Gasteiger partial charge < -0.3 is 9.52 Å². The van der Waals surface area contributed by atoms with E-state index in [1.54, 1.807) is 13.0 Å². The molecule has 110 valence electrons. The van der Waals surface area contributed by atoms with Gasteiger partial charge >= 0.3 is 5.97 Å². The number of aromatic nitrogens is 1. The van der Waals surface area contributed by atoms with Crippen molar-refractivity contribution in [3.8, 4) is 11.5 Å². The second-order valence-corrected chi connectivity index (χ2v) is 4.61. The Hall–Kier alpha value is -2.70. The maximum Gasteiger partial charge on any atom is 0.373 e. The van der Waals surface area contributed by atoms with Gasteiger partial charge in [-0.1, -0.05) is 19.4 Å². The summed E-state index contributed by atoms with van der Waals surface area (Å²) in [6, 6.07) is 4.30. The summed E-state index contributed by atoms with van der Waals surface area (Å²) in [7, 11) is 0. The van der Waals surface area contributed by atoms with Crippen LogP contribution < -0.4 is 0 Å². The van der Waals surface area contributed by atoms with E-state index in [1.165, 1.54) is 12.1 Å². The average molecular weight is 290 g/mol. The van der Waals surface area contributed by atoms with Gasteiger partial charge in [-0.25, -0.2) is 9.78 Å². The minimum atomic E-state index is -1.19. The molecule has 1 heterocycles. The molecule has 0 saturated heterocycles. The molecule has 7 nitrogen and oxygen atoms in total. The highest BCUT2D eigenvalue weighted by Gasteiger charge is 2.21. The van der Waals surface area contributed by atoms with Crippen molar-refractivity contribution in [1.29, 1.82) is 0 Å². The fourth-order valence-electron chi connectivity index (χ4n) is 1.99. The Kier molecular flexibility index (Phi) is 4.02. The van der Waals surface area contributed by atoms with Crippen LogP contribution in [0.1, 0.15) is 35.2 Å². The topological polar surface area (TPSA) is 106 Å². The Bertz CT molecular complexity index is 705. The molecule has 1 N–H and O–H groups in total. The number of aryl methyl sites for hydroxylation is 2. The number of nitrogens with zero attached hydrogens (tertiary/aromatic N) is 2. The summed E-state index contributed by atoms with van der Waals surface area (Å²) in [4.78, 5) is 25.7. The van der Waals surface area contributed by atoms with Crippen molar-refractivity contribution in [2.24, 2.45) is 0 Å². The molecule has 0 bridgehead atoms. The Morgan fingerprint density at radius 2 is 2.19 bits per heavy atom. The summed E-state index contributed by atoms with van der Waals surface area (Å²) in [5.41, 5.74) is 1.41. The van der Waals surface area contributed by atoms with Crippen LogP contribution in [-0.4, -0.2) is 21.0 Å². The van der Waals surface area contributed by atoms with Gasteiger partial charge in [0, 0.05) is 17.7 Å². The van der Waals surface area contributed by atoms with Crippen molar-refractivity contribution in [2.45, 2.75) is 26.7 Å². The van der Waals surface area contributed by atoms with Crippen LogP contribution >= 0.6 is 0 Å². The summed E-state index contributed by atoms with van der Waals surface area (Å²) >= 11 is 0. The monoisotopic (exact) mass is 290 g/mol. The zero-order chi connectivity index (χ0) is 15.6. The van der Waals surface area contributed by atoms with E-state index in [-0.39, 0.29) is 17.3 Å². The first-order valence-electron chi connectivity index (χ1n) is 6.42. The second-order valence-electron chi connectivity index (χ2n) is 4.61. The van der Waals surface area contributed by atoms with Crippen LogP contribution in [0.2, 0.25) is 0 Å². The van der Waals surface area contributed by atoms with E-state index in [9.17, 15) is 14.9 Å². The SMILES string of the molecule is CCCc1nc(-c2cc([N+](=O)[O-])ccc2C)oc1C(=O)O. The Labute approximate surface area is 120 Å². The van der Waals surface area contributed by atoms with E-state index in [0.717, 1.165) is 12.0 Å². The van der Waals surface area contributed by atoms with Gasteiger partial charge in [0.1, 0.15) is 0 Å². The Morgan fingerprint density at radius 1 is 1.48 bits per heavy atom. The lowest BCUT2D eigenvalue weighted by molar-refractivity contribution is -0.384. The van der Waals surface area contributed by atoms with Gasteiger partial charge in [0.2, 0.25) is 11.7 Å². The molecule has 1 aromatic heterocycles. The van der Waals surface area contributed by atoms with Crippen molar-refractivity contribution in [2.75, 3.05) is 0 Å². The van der Waals surface area contributed by atoms with Crippen molar-refractivity contribution < 1.29 is 19.2 Å². The second kappa shape index (κ2) is 5.74. The fourth-order valence-corrected chi connectivity index (χ4v) is 1.99. The highest BCUT2D eigenvalue weighted by molar-refractivity contribution is 5.86. The maximum absolute atomic E-state index is 11.2. The van der Waals surface area contributed by atoms with Crippen molar-refractivity contribution in [3.63, 3.8) is 0 Å². The van der Waals surface area contributed by atoms with Crippen LogP contribution in [0.3, 0.4) is 0 Å². The molecule has 0 fully saturated rings. The smallest absolute Gasteiger partial charge is 0.373 e. The molecule has 2 aromatic rings. The molecule has 2 rings (SSSR count). The zero-order valence-electron chi connectivity index (χ0n) is 11.6. The summed E-state index contributed by atoms with van der Waals surface area (Å²) in [6.45, 7) is 3.65. The third-order valence-corrected chi connectivity index (χ3v) is 3.04. The predicted molar refractivity (Wildman–Crippen MR) is 74.3 cm³/mol. The number of non-ortho nitro benzene ring substituents is 1. The highest BCUT2D eigenvalue weighted by atomic mass is 16.6. The summed E-state index contributed by atoms with van der Waals surface area (Å²) in [5, 5.41) is 20.0. The number of carboxylic acids is 1. The third-order valence-electron chi connectivity index (χ3n) is 3.04. The van der Waals surface area contributed by atoms with Crippen LogP contribution in [0.25, 0.3) is 11.5 Å². The van der Waals surface area contributed by atoms with E-state index < -0.39 is 10.9 Å². The molecule has 7 heteroatoms. The van der Waals surface area contributed by atoms with E-state index in [1.807, 2.05) is 6.92 Å². The van der Waals surface area contributed by atoms with Gasteiger partial charge in [0.15, 0.2) is 0 Å². The minimum Gasteiger partial charge on any atom is -0.475 e. The maximum atomic E-state index is 11.2. The van der Waals surface area contributed by atoms with Gasteiger partial charge in [0.25, 0.3) is 5.69 Å². The number of nitro groups is 1. The summed E-state index contributed by atoms with van der Waals surface area (Å²) in [5.74, 6) is -1.31. The molecule has 0 radical (unpaired) electrons. The van der Waals surface area contributed by atoms with E-state index in [4.69, 9.17) is 9.52 Å².